The summed E-state index contributed by atoms with van der Waals surface area (Å²) in [6, 6.07) is 6.59. The van der Waals surface area contributed by atoms with Crippen LogP contribution in [0.4, 0.5) is 10.5 Å². The molecule has 3 heterocycles. The van der Waals surface area contributed by atoms with Gasteiger partial charge in [-0.1, -0.05) is 18.2 Å². The number of benzene rings is 1. The first-order chi connectivity index (χ1) is 12.8. The first-order valence-corrected chi connectivity index (χ1v) is 8.58. The lowest BCUT2D eigenvalue weighted by Crippen LogP contribution is -2.65. The Bertz CT molecular complexity index is 923. The minimum atomic E-state index is -0.739. The molecule has 1 saturated heterocycles. The average molecular weight is 368 g/mol. The maximum Gasteiger partial charge on any atom is 0.328 e. The number of imide groups is 1. The molecule has 3 aliphatic rings. The fraction of sp³-hybridized carbons (Fsp3) is 0.333. The van der Waals surface area contributed by atoms with Crippen LogP contribution in [0.5, 0.6) is 0 Å². The topological polar surface area (TPSA) is 103 Å². The fourth-order valence-electron chi connectivity index (χ4n) is 3.77. The summed E-state index contributed by atoms with van der Waals surface area (Å²) in [5.41, 5.74) is 8.15. The van der Waals surface area contributed by atoms with E-state index < -0.39 is 36.6 Å². The summed E-state index contributed by atoms with van der Waals surface area (Å²) in [4.78, 5) is 47.5. The largest absolute Gasteiger partial charge is 0.368 e. The molecule has 0 bridgehead atoms. The number of guanidine groups is 1. The second-order valence-electron chi connectivity index (χ2n) is 6.87. The van der Waals surface area contributed by atoms with Crippen molar-refractivity contribution in [3.8, 4) is 0 Å². The molecule has 0 spiro atoms. The molecule has 9 nitrogen and oxygen atoms in total. The predicted molar refractivity (Wildman–Crippen MR) is 98.3 cm³/mol. The zero-order valence-corrected chi connectivity index (χ0v) is 15.3. The van der Waals surface area contributed by atoms with Gasteiger partial charge in [-0.05, 0) is 25.5 Å². The van der Waals surface area contributed by atoms with E-state index in [0.717, 1.165) is 21.8 Å². The van der Waals surface area contributed by atoms with E-state index in [4.69, 9.17) is 5.73 Å². The molecule has 9 heteroatoms. The van der Waals surface area contributed by atoms with Crippen molar-refractivity contribution in [3.05, 3.63) is 41.7 Å². The highest BCUT2D eigenvalue weighted by Crippen LogP contribution is 2.37. The number of fused-ring (bicyclic) bond motifs is 3. The molecule has 27 heavy (non-hydrogen) atoms. The Morgan fingerprint density at radius 1 is 1.22 bits per heavy atom. The molecule has 0 aromatic heterocycles. The van der Waals surface area contributed by atoms with Crippen LogP contribution in [0.2, 0.25) is 0 Å². The molecule has 0 radical (unpaired) electrons. The first kappa shape index (κ1) is 17.1. The van der Waals surface area contributed by atoms with Crippen LogP contribution in [0.25, 0.3) is 0 Å². The number of carbonyl (C=O) groups is 3. The number of urea groups is 1. The fourth-order valence-corrected chi connectivity index (χ4v) is 3.77. The average Bonchev–Trinajstić information content (AvgIpc) is 3.12. The van der Waals surface area contributed by atoms with Crippen molar-refractivity contribution in [2.45, 2.75) is 26.1 Å². The second-order valence-corrected chi connectivity index (χ2v) is 6.87. The lowest BCUT2D eigenvalue weighted by Gasteiger charge is -2.39. The van der Waals surface area contributed by atoms with Crippen molar-refractivity contribution in [2.24, 2.45) is 10.7 Å². The van der Waals surface area contributed by atoms with E-state index in [1.807, 2.05) is 49.2 Å². The van der Waals surface area contributed by atoms with Gasteiger partial charge in [0.1, 0.15) is 6.54 Å². The number of rotatable bonds is 3. The van der Waals surface area contributed by atoms with Gasteiger partial charge in [-0.2, -0.15) is 0 Å². The molecule has 1 aromatic rings. The van der Waals surface area contributed by atoms with Crippen molar-refractivity contribution >= 4 is 29.5 Å². The Balaban J connectivity index is 1.74. The molecule has 1 aromatic carbocycles. The number of hydrogen-bond acceptors (Lipinski definition) is 6. The number of carbonyl (C=O) groups excluding carboxylic acids is 3. The van der Waals surface area contributed by atoms with Crippen LogP contribution in [0.15, 0.2) is 41.2 Å². The lowest BCUT2D eigenvalue weighted by molar-refractivity contribution is -0.139. The predicted octanol–water partition coefficient (Wildman–Crippen LogP) is 0.422. The number of aryl methyl sites for hydroxylation is 1. The highest BCUT2D eigenvalue weighted by Gasteiger charge is 2.54. The van der Waals surface area contributed by atoms with Crippen molar-refractivity contribution in [1.29, 1.82) is 0 Å². The van der Waals surface area contributed by atoms with Crippen LogP contribution >= 0.6 is 0 Å². The van der Waals surface area contributed by atoms with Gasteiger partial charge in [-0.15, -0.1) is 0 Å². The van der Waals surface area contributed by atoms with Crippen LogP contribution in [-0.4, -0.2) is 64.3 Å². The van der Waals surface area contributed by atoms with Gasteiger partial charge in [0.05, 0.1) is 5.69 Å². The number of nitrogens with zero attached hydrogens (tertiary/aromatic N) is 5. The number of allylic oxidation sites excluding steroid dienone is 1. The van der Waals surface area contributed by atoms with Gasteiger partial charge in [0.15, 0.2) is 12.2 Å². The standard InChI is InChI=1S/C18H20N6O3/c1-10-6-4-5-7-12(10)24-11(2)8-22-14-15(20-17(22)24)21(3)18(27)23(16(14)26)9-13(19)25/h4-8,14-15H,9H2,1-3H3,(H2,19,25). The van der Waals surface area contributed by atoms with E-state index in [1.54, 1.807) is 11.9 Å². The molecule has 4 rings (SSSR count). The molecule has 1 fully saturated rings. The summed E-state index contributed by atoms with van der Waals surface area (Å²) in [5.74, 6) is -0.626. The van der Waals surface area contributed by atoms with E-state index in [2.05, 4.69) is 4.99 Å². The highest BCUT2D eigenvalue weighted by atomic mass is 16.2. The summed E-state index contributed by atoms with van der Waals surface area (Å²) in [6.07, 6.45) is 1.19. The molecule has 140 valence electrons. The summed E-state index contributed by atoms with van der Waals surface area (Å²) < 4.78 is 0. The number of primary amides is 1. The van der Waals surface area contributed by atoms with E-state index in [0.29, 0.717) is 5.96 Å². The minimum absolute atomic E-state index is 0.446. The normalized spacial score (nSPS) is 24.1. The SMILES string of the molecule is CC1=CN2C(=NC3C2C(=O)N(CC(N)=O)C(=O)N3C)N1c1ccccc1C. The van der Waals surface area contributed by atoms with Gasteiger partial charge < -0.3 is 15.5 Å². The number of para-hydroxylation sites is 1. The Morgan fingerprint density at radius 2 is 1.93 bits per heavy atom. The quantitative estimate of drug-likeness (QED) is 0.833. The van der Waals surface area contributed by atoms with E-state index in [1.165, 1.54) is 4.90 Å². The number of hydrogen-bond donors (Lipinski definition) is 1. The second kappa shape index (κ2) is 5.83. The number of anilines is 1. The monoisotopic (exact) mass is 368 g/mol. The third kappa shape index (κ3) is 2.38. The third-order valence-corrected chi connectivity index (χ3v) is 5.06. The highest BCUT2D eigenvalue weighted by molar-refractivity contribution is 6.10. The summed E-state index contributed by atoms with van der Waals surface area (Å²) in [6.45, 7) is 3.49. The Morgan fingerprint density at radius 3 is 2.59 bits per heavy atom. The third-order valence-electron chi connectivity index (χ3n) is 5.06. The number of likely N-dealkylation sites (N-methyl/N-ethyl adjacent to an activating group) is 1. The maximum atomic E-state index is 13.0. The van der Waals surface area contributed by atoms with Crippen LogP contribution < -0.4 is 10.6 Å². The summed E-state index contributed by atoms with van der Waals surface area (Å²) in [7, 11) is 1.57. The van der Waals surface area contributed by atoms with E-state index in [9.17, 15) is 14.4 Å². The Hall–Kier alpha value is -3.36. The van der Waals surface area contributed by atoms with Crippen LogP contribution in [0, 0.1) is 6.92 Å². The Labute approximate surface area is 156 Å². The van der Waals surface area contributed by atoms with Gasteiger partial charge in [0.25, 0.3) is 5.91 Å². The van der Waals surface area contributed by atoms with Crippen molar-refractivity contribution in [1.82, 2.24) is 14.7 Å². The molecule has 2 N–H and O–H groups in total. The summed E-state index contributed by atoms with van der Waals surface area (Å²) >= 11 is 0. The lowest BCUT2D eigenvalue weighted by atomic mass is 10.1. The van der Waals surface area contributed by atoms with E-state index >= 15 is 0 Å². The molecule has 0 saturated carbocycles. The smallest absolute Gasteiger partial charge is 0.328 e. The number of aliphatic imine (C=N–C) groups is 1. The van der Waals surface area contributed by atoms with Gasteiger partial charge >= 0.3 is 6.03 Å². The molecule has 2 unspecified atom stereocenters. The van der Waals surface area contributed by atoms with Crippen molar-refractivity contribution < 1.29 is 14.4 Å². The van der Waals surface area contributed by atoms with Crippen LogP contribution in [-0.2, 0) is 9.59 Å². The van der Waals surface area contributed by atoms with Gasteiger partial charge in [0, 0.05) is 18.9 Å². The Kier molecular flexibility index (Phi) is 3.69. The zero-order chi connectivity index (χ0) is 19.5. The number of nitrogens with two attached hydrogens (primary N) is 1. The van der Waals surface area contributed by atoms with E-state index in [-0.39, 0.29) is 0 Å². The number of amides is 4. The van der Waals surface area contributed by atoms with Crippen molar-refractivity contribution in [3.63, 3.8) is 0 Å². The summed E-state index contributed by atoms with van der Waals surface area (Å²) in [5, 5.41) is 0. The molecule has 0 aliphatic carbocycles. The maximum absolute atomic E-state index is 13.0. The molecule has 3 aliphatic heterocycles. The van der Waals surface area contributed by atoms with Gasteiger partial charge in [-0.3, -0.25) is 19.4 Å². The molecule has 4 amide bonds. The minimum Gasteiger partial charge on any atom is -0.368 e. The molecular formula is C18H20N6O3. The molecular weight excluding hydrogens is 348 g/mol. The van der Waals surface area contributed by atoms with Crippen LogP contribution in [0.3, 0.4) is 0 Å². The first-order valence-electron chi connectivity index (χ1n) is 8.58. The van der Waals surface area contributed by atoms with Crippen molar-refractivity contribution in [2.75, 3.05) is 18.5 Å². The van der Waals surface area contributed by atoms with Gasteiger partial charge in [-0.25, -0.2) is 9.79 Å². The van der Waals surface area contributed by atoms with Crippen LogP contribution in [0.1, 0.15) is 12.5 Å². The molecule has 2 atom stereocenters. The zero-order valence-electron chi connectivity index (χ0n) is 15.3. The van der Waals surface area contributed by atoms with Gasteiger partial charge in [0.2, 0.25) is 11.9 Å².